The largest absolute Gasteiger partial charge is 0.369 e. The van der Waals surface area contributed by atoms with Gasteiger partial charge in [-0.15, -0.1) is 0 Å². The minimum Gasteiger partial charge on any atom is -0.369 e. The van der Waals surface area contributed by atoms with E-state index in [0.29, 0.717) is 12.1 Å². The number of benzene rings is 1. The predicted octanol–water partition coefficient (Wildman–Crippen LogP) is 1.93. The Kier molecular flexibility index (Phi) is 7.12. The Balaban J connectivity index is 1.30. The maximum absolute atomic E-state index is 13.8. The van der Waals surface area contributed by atoms with Crippen molar-refractivity contribution in [3.8, 4) is 0 Å². The van der Waals surface area contributed by atoms with Crippen LogP contribution in [0.2, 0.25) is 0 Å². The van der Waals surface area contributed by atoms with Gasteiger partial charge < -0.3 is 24.8 Å². The van der Waals surface area contributed by atoms with E-state index in [4.69, 9.17) is 4.74 Å². The molecule has 3 saturated heterocycles. The molecule has 1 saturated carbocycles. The average Bonchev–Trinajstić information content (AvgIpc) is 3.62. The van der Waals surface area contributed by atoms with Crippen molar-refractivity contribution in [1.82, 2.24) is 15.1 Å². The molecule has 0 bridgehead atoms. The van der Waals surface area contributed by atoms with E-state index >= 15 is 0 Å². The number of carbonyl (C=O) groups excluding carboxylic acids is 3. The summed E-state index contributed by atoms with van der Waals surface area (Å²) in [6.07, 6.45) is 4.62. The van der Waals surface area contributed by atoms with Gasteiger partial charge in [-0.05, 0) is 56.5 Å². The lowest BCUT2D eigenvalue weighted by atomic mass is 9.95. The molecule has 190 valence electrons. The molecule has 0 radical (unpaired) electrons. The van der Waals surface area contributed by atoms with Gasteiger partial charge in [0.2, 0.25) is 5.91 Å². The number of nitrogens with one attached hydrogen (secondary N) is 1. The number of likely N-dealkylation sites (tertiary alicyclic amines) is 1. The Morgan fingerprint density at radius 2 is 1.77 bits per heavy atom. The van der Waals surface area contributed by atoms with E-state index in [-0.39, 0.29) is 42.1 Å². The Morgan fingerprint density at radius 3 is 2.43 bits per heavy atom. The first-order chi connectivity index (χ1) is 17.0. The first-order valence-corrected chi connectivity index (χ1v) is 13.3. The van der Waals surface area contributed by atoms with Crippen LogP contribution in [0.5, 0.6) is 0 Å². The van der Waals surface area contributed by atoms with Crippen LogP contribution in [-0.2, 0) is 14.3 Å². The third-order valence-corrected chi connectivity index (χ3v) is 8.52. The number of anilines is 1. The van der Waals surface area contributed by atoms with Crippen LogP contribution in [0.3, 0.4) is 0 Å². The van der Waals surface area contributed by atoms with Gasteiger partial charge in [0, 0.05) is 49.9 Å². The summed E-state index contributed by atoms with van der Waals surface area (Å²) in [7, 11) is 2.13. The predicted molar refractivity (Wildman–Crippen MR) is 133 cm³/mol. The zero-order chi connectivity index (χ0) is 24.5. The number of ether oxygens (including phenoxy) is 1. The summed E-state index contributed by atoms with van der Waals surface area (Å²) < 4.78 is 5.76. The minimum atomic E-state index is -0.605. The van der Waals surface area contributed by atoms with Crippen LogP contribution < -0.4 is 10.2 Å². The number of likely N-dealkylation sites (N-methyl/N-ethyl adjacent to an activating group) is 1. The summed E-state index contributed by atoms with van der Waals surface area (Å²) >= 11 is 0. The summed E-state index contributed by atoms with van der Waals surface area (Å²) in [5, 5.41) is 3.08. The van der Waals surface area contributed by atoms with Gasteiger partial charge in [0.15, 0.2) is 5.78 Å². The molecular formula is C27H38N4O4. The van der Waals surface area contributed by atoms with Gasteiger partial charge >= 0.3 is 0 Å². The second kappa shape index (κ2) is 10.3. The van der Waals surface area contributed by atoms with Crippen LogP contribution >= 0.6 is 0 Å². The molecule has 0 spiro atoms. The number of amides is 2. The zero-order valence-electron chi connectivity index (χ0n) is 20.9. The van der Waals surface area contributed by atoms with E-state index < -0.39 is 12.1 Å². The fraction of sp³-hybridized carbons (Fsp3) is 0.667. The number of Topliss-reactive ketones (excluding diaryl/α,β-unsaturated/α-hetero) is 1. The maximum atomic E-state index is 13.8. The molecule has 4 atom stereocenters. The summed E-state index contributed by atoms with van der Waals surface area (Å²) in [5.74, 6) is -0.0959. The highest BCUT2D eigenvalue weighted by atomic mass is 16.5. The molecule has 2 amide bonds. The van der Waals surface area contributed by atoms with Gasteiger partial charge in [0.05, 0.1) is 6.10 Å². The Labute approximate surface area is 207 Å². The number of fused-ring (bicyclic) bond motifs is 1. The molecular weight excluding hydrogens is 444 g/mol. The smallest absolute Gasteiger partial charge is 0.251 e. The summed E-state index contributed by atoms with van der Waals surface area (Å²) in [6, 6.07) is 6.60. The first kappa shape index (κ1) is 24.3. The molecule has 1 aromatic carbocycles. The van der Waals surface area contributed by atoms with Crippen LogP contribution in [0, 0.1) is 11.8 Å². The van der Waals surface area contributed by atoms with Crippen molar-refractivity contribution in [2.45, 2.75) is 57.2 Å². The van der Waals surface area contributed by atoms with Crippen LogP contribution in [0.25, 0.3) is 0 Å². The van der Waals surface area contributed by atoms with Crippen molar-refractivity contribution < 1.29 is 19.1 Å². The number of rotatable bonds is 6. The van der Waals surface area contributed by atoms with Gasteiger partial charge in [-0.1, -0.05) is 19.8 Å². The fourth-order valence-electron chi connectivity index (χ4n) is 6.31. The van der Waals surface area contributed by atoms with E-state index in [1.165, 1.54) is 0 Å². The lowest BCUT2D eigenvalue weighted by Crippen LogP contribution is -2.54. The van der Waals surface area contributed by atoms with Crippen LogP contribution in [0.15, 0.2) is 24.3 Å². The molecule has 1 N–H and O–H groups in total. The highest BCUT2D eigenvalue weighted by Crippen LogP contribution is 2.36. The Hall–Kier alpha value is -2.45. The normalized spacial score (nSPS) is 28.4. The third-order valence-electron chi connectivity index (χ3n) is 8.52. The molecule has 0 aromatic heterocycles. The van der Waals surface area contributed by atoms with Crippen molar-refractivity contribution in [2.75, 3.05) is 51.3 Å². The molecule has 8 heteroatoms. The maximum Gasteiger partial charge on any atom is 0.251 e. The number of hydrogen-bond donors (Lipinski definition) is 1. The van der Waals surface area contributed by atoms with E-state index in [1.54, 1.807) is 4.90 Å². The van der Waals surface area contributed by atoms with Gasteiger partial charge in [-0.25, -0.2) is 0 Å². The Bertz CT molecular complexity index is 937. The molecule has 1 aliphatic carbocycles. The summed E-state index contributed by atoms with van der Waals surface area (Å²) in [5.41, 5.74) is 1.68. The van der Waals surface area contributed by atoms with Gasteiger partial charge in [0.1, 0.15) is 18.7 Å². The lowest BCUT2D eigenvalue weighted by Gasteiger charge is -2.34. The minimum absolute atomic E-state index is 0.0182. The molecule has 4 aliphatic rings. The van der Waals surface area contributed by atoms with Crippen molar-refractivity contribution >= 4 is 23.3 Å². The van der Waals surface area contributed by atoms with Crippen LogP contribution in [-0.4, -0.2) is 92.0 Å². The lowest BCUT2D eigenvalue weighted by molar-refractivity contribution is -0.139. The van der Waals surface area contributed by atoms with E-state index in [1.807, 2.05) is 24.3 Å². The zero-order valence-corrected chi connectivity index (χ0v) is 20.9. The highest BCUT2D eigenvalue weighted by Gasteiger charge is 2.53. The first-order valence-electron chi connectivity index (χ1n) is 13.3. The van der Waals surface area contributed by atoms with Crippen molar-refractivity contribution in [1.29, 1.82) is 0 Å². The summed E-state index contributed by atoms with van der Waals surface area (Å²) in [4.78, 5) is 46.1. The molecule has 1 aromatic rings. The molecule has 5 rings (SSSR count). The molecule has 3 heterocycles. The van der Waals surface area contributed by atoms with Crippen molar-refractivity contribution in [2.24, 2.45) is 11.8 Å². The highest BCUT2D eigenvalue weighted by molar-refractivity contribution is 5.99. The van der Waals surface area contributed by atoms with E-state index in [9.17, 15) is 14.4 Å². The number of piperazine rings is 1. The Morgan fingerprint density at radius 1 is 1.09 bits per heavy atom. The molecule has 35 heavy (non-hydrogen) atoms. The number of hydrogen-bond acceptors (Lipinski definition) is 6. The van der Waals surface area contributed by atoms with E-state index in [0.717, 1.165) is 64.0 Å². The number of ketones is 1. The SMILES string of the molecule is CC[C@H]1CN(C(=O)[C@@H](NC(=O)c2ccc(N3CCN(C)CC3)cc2)C2CCCC2)[C@@H]2C(=O)CO[C@H]12. The monoisotopic (exact) mass is 482 g/mol. The van der Waals surface area contributed by atoms with Gasteiger partial charge in [-0.2, -0.15) is 0 Å². The van der Waals surface area contributed by atoms with Crippen molar-refractivity contribution in [3.63, 3.8) is 0 Å². The standard InChI is InChI=1S/C27H38N4O4/c1-3-18-16-31(24-22(32)17-35-25(18)24)27(34)23(19-6-4-5-7-19)28-26(33)20-8-10-21(11-9-20)30-14-12-29(2)13-15-30/h8-11,18-19,23-25H,3-7,12-17H2,1-2H3,(H,28,33)/t18-,23-,24+,25+/m0/s1. The fourth-order valence-corrected chi connectivity index (χ4v) is 6.31. The van der Waals surface area contributed by atoms with Crippen LogP contribution in [0.1, 0.15) is 49.4 Å². The topological polar surface area (TPSA) is 82.2 Å². The molecule has 4 fully saturated rings. The number of nitrogens with zero attached hydrogens (tertiary/aromatic N) is 3. The average molecular weight is 483 g/mol. The second-order valence-electron chi connectivity index (χ2n) is 10.7. The third kappa shape index (κ3) is 4.83. The van der Waals surface area contributed by atoms with E-state index in [2.05, 4.69) is 29.1 Å². The van der Waals surface area contributed by atoms with Gasteiger partial charge in [-0.3, -0.25) is 14.4 Å². The van der Waals surface area contributed by atoms with Crippen molar-refractivity contribution in [3.05, 3.63) is 29.8 Å². The van der Waals surface area contributed by atoms with Gasteiger partial charge in [0.25, 0.3) is 5.91 Å². The summed E-state index contributed by atoms with van der Waals surface area (Å²) in [6.45, 7) is 6.67. The molecule has 0 unspecified atom stereocenters. The molecule has 8 nitrogen and oxygen atoms in total. The quantitative estimate of drug-likeness (QED) is 0.667. The van der Waals surface area contributed by atoms with Crippen LogP contribution in [0.4, 0.5) is 5.69 Å². The number of carbonyl (C=O) groups is 3. The second-order valence-corrected chi connectivity index (χ2v) is 10.7. The molecule has 3 aliphatic heterocycles.